The zero-order valence-electron chi connectivity index (χ0n) is 6.56. The first kappa shape index (κ1) is 15.9. The first-order valence-electron chi connectivity index (χ1n) is 3.00. The van der Waals surface area contributed by atoms with Crippen molar-refractivity contribution in [2.75, 3.05) is 0 Å². The molecule has 70 valence electrons. The Morgan fingerprint density at radius 2 is 1.43 bits per heavy atom. The monoisotopic (exact) mass is 260 g/mol. The molecule has 0 fully saturated rings. The SMILES string of the molecule is O=C(O)c1cc(O)c(O)c(O)c1.[MgH2].[Zn]. The Morgan fingerprint density at radius 1 is 1.07 bits per heavy atom. The zero-order valence-corrected chi connectivity index (χ0v) is 9.53. The summed E-state index contributed by atoms with van der Waals surface area (Å²) in [7, 11) is 0. The number of hydrogen-bond acceptors (Lipinski definition) is 4. The second kappa shape index (κ2) is 6.06. The van der Waals surface area contributed by atoms with Gasteiger partial charge < -0.3 is 20.4 Å². The van der Waals surface area contributed by atoms with Gasteiger partial charge >= 0.3 is 29.0 Å². The van der Waals surface area contributed by atoms with E-state index < -0.39 is 23.2 Å². The summed E-state index contributed by atoms with van der Waals surface area (Å²) in [5.74, 6) is -3.33. The smallest absolute Gasteiger partial charge is 0.335 e. The quantitative estimate of drug-likeness (QED) is 0.407. The van der Waals surface area contributed by atoms with Crippen LogP contribution in [-0.4, -0.2) is 49.4 Å². The van der Waals surface area contributed by atoms with E-state index in [-0.39, 0.29) is 48.1 Å². The summed E-state index contributed by atoms with van der Waals surface area (Å²) in [6.07, 6.45) is 0. The third-order valence-electron chi connectivity index (χ3n) is 1.32. The molecule has 0 aliphatic heterocycles. The molecule has 14 heavy (non-hydrogen) atoms. The van der Waals surface area contributed by atoms with Crippen LogP contribution in [0.1, 0.15) is 10.4 Å². The minimum Gasteiger partial charge on any atom is -0.504 e. The van der Waals surface area contributed by atoms with Crippen LogP contribution < -0.4 is 0 Å². The van der Waals surface area contributed by atoms with Crippen molar-refractivity contribution in [2.24, 2.45) is 0 Å². The molecule has 0 radical (unpaired) electrons. The van der Waals surface area contributed by atoms with Gasteiger partial charge in [-0.1, -0.05) is 0 Å². The number of carbonyl (C=O) groups is 1. The van der Waals surface area contributed by atoms with Crippen molar-refractivity contribution in [1.82, 2.24) is 0 Å². The molecule has 0 saturated heterocycles. The first-order chi connectivity index (χ1) is 5.52. The Balaban J connectivity index is 0. The number of hydrogen-bond donors (Lipinski definition) is 4. The maximum Gasteiger partial charge on any atom is 0.335 e. The fraction of sp³-hybridized carbons (Fsp3) is 0. The zero-order chi connectivity index (χ0) is 9.30. The molecule has 0 amide bonds. The number of phenolic OH excluding ortho intramolecular Hbond substituents is 3. The van der Waals surface area contributed by atoms with Crippen LogP contribution in [0.15, 0.2) is 12.1 Å². The summed E-state index contributed by atoms with van der Waals surface area (Å²) in [6, 6.07) is 1.69. The molecular weight excluding hydrogens is 254 g/mol. The molecular formula is C7H8MgO5Zn. The summed E-state index contributed by atoms with van der Waals surface area (Å²) in [4.78, 5) is 10.3. The summed E-state index contributed by atoms with van der Waals surface area (Å²) in [5, 5.41) is 35.0. The summed E-state index contributed by atoms with van der Waals surface area (Å²) in [6.45, 7) is 0. The fourth-order valence-corrected chi connectivity index (χ4v) is 0.728. The first-order valence-corrected chi connectivity index (χ1v) is 3.00. The van der Waals surface area contributed by atoms with Crippen molar-refractivity contribution in [3.05, 3.63) is 17.7 Å². The second-order valence-electron chi connectivity index (χ2n) is 2.17. The molecule has 0 aliphatic rings. The largest absolute Gasteiger partial charge is 0.504 e. The van der Waals surface area contributed by atoms with E-state index in [1.54, 1.807) is 0 Å². The number of aromatic carboxylic acids is 1. The van der Waals surface area contributed by atoms with Gasteiger partial charge in [-0.25, -0.2) is 4.79 Å². The third kappa shape index (κ3) is 3.32. The van der Waals surface area contributed by atoms with Crippen LogP contribution in [0, 0.1) is 0 Å². The van der Waals surface area contributed by atoms with E-state index in [9.17, 15) is 4.79 Å². The minimum absolute atomic E-state index is 0. The Morgan fingerprint density at radius 3 is 1.71 bits per heavy atom. The number of carboxylic acids is 1. The molecule has 0 bridgehead atoms. The predicted molar refractivity (Wildman–Crippen MR) is 46.9 cm³/mol. The predicted octanol–water partition coefficient (Wildman–Crippen LogP) is -0.417. The van der Waals surface area contributed by atoms with Gasteiger partial charge in [0.1, 0.15) is 0 Å². The van der Waals surface area contributed by atoms with Gasteiger partial charge in [0, 0.05) is 19.5 Å². The van der Waals surface area contributed by atoms with Crippen molar-refractivity contribution < 1.29 is 44.7 Å². The molecule has 7 heteroatoms. The van der Waals surface area contributed by atoms with Gasteiger partial charge in [-0.05, 0) is 12.1 Å². The summed E-state index contributed by atoms with van der Waals surface area (Å²) >= 11 is 0. The fourth-order valence-electron chi connectivity index (χ4n) is 0.728. The van der Waals surface area contributed by atoms with E-state index in [1.807, 2.05) is 0 Å². The van der Waals surface area contributed by atoms with Gasteiger partial charge in [-0.15, -0.1) is 0 Å². The Hall–Kier alpha value is -0.520. The third-order valence-corrected chi connectivity index (χ3v) is 1.32. The van der Waals surface area contributed by atoms with Gasteiger partial charge in [-0.2, -0.15) is 0 Å². The number of carboxylic acid groups (broad SMARTS) is 1. The normalized spacial score (nSPS) is 8.29. The van der Waals surface area contributed by atoms with Crippen LogP contribution in [0.3, 0.4) is 0 Å². The maximum absolute atomic E-state index is 10.3. The van der Waals surface area contributed by atoms with Crippen LogP contribution in [0.5, 0.6) is 17.2 Å². The topological polar surface area (TPSA) is 98.0 Å². The number of phenols is 3. The molecule has 0 saturated carbocycles. The Kier molecular flexibility index (Phi) is 6.89. The van der Waals surface area contributed by atoms with Crippen LogP contribution in [0.25, 0.3) is 0 Å². The molecule has 5 nitrogen and oxygen atoms in total. The van der Waals surface area contributed by atoms with Crippen LogP contribution in [0.4, 0.5) is 0 Å². The van der Waals surface area contributed by atoms with Crippen molar-refractivity contribution in [2.45, 2.75) is 0 Å². The second-order valence-corrected chi connectivity index (χ2v) is 2.17. The van der Waals surface area contributed by atoms with Gasteiger partial charge in [0.2, 0.25) is 0 Å². The minimum atomic E-state index is -1.29. The average molecular weight is 262 g/mol. The maximum atomic E-state index is 10.3. The Bertz CT molecular complexity index is 318. The van der Waals surface area contributed by atoms with Crippen molar-refractivity contribution >= 4 is 29.0 Å². The van der Waals surface area contributed by atoms with Crippen LogP contribution >= 0.6 is 0 Å². The summed E-state index contributed by atoms with van der Waals surface area (Å²) < 4.78 is 0. The van der Waals surface area contributed by atoms with Crippen LogP contribution in [-0.2, 0) is 19.5 Å². The van der Waals surface area contributed by atoms with Gasteiger partial charge in [0.25, 0.3) is 0 Å². The van der Waals surface area contributed by atoms with Gasteiger partial charge in [0.05, 0.1) is 5.56 Å². The van der Waals surface area contributed by atoms with Crippen molar-refractivity contribution in [3.63, 3.8) is 0 Å². The molecule has 0 atom stereocenters. The molecule has 0 heterocycles. The molecule has 0 unspecified atom stereocenters. The molecule has 1 rings (SSSR count). The van der Waals surface area contributed by atoms with Crippen molar-refractivity contribution in [1.29, 1.82) is 0 Å². The Labute approximate surface area is 108 Å². The van der Waals surface area contributed by atoms with E-state index in [0.29, 0.717) is 0 Å². The van der Waals surface area contributed by atoms with Gasteiger partial charge in [-0.3, -0.25) is 0 Å². The average Bonchev–Trinajstić information content (AvgIpc) is 1.99. The molecule has 4 N–H and O–H groups in total. The van der Waals surface area contributed by atoms with E-state index in [1.165, 1.54) is 0 Å². The number of benzene rings is 1. The summed E-state index contributed by atoms with van der Waals surface area (Å²) in [5.41, 5.74) is -0.289. The van der Waals surface area contributed by atoms with E-state index >= 15 is 0 Å². The standard InChI is InChI=1S/C7H6O5.Mg.Zn.2H/c8-4-1-3(7(11)12)2-5(9)6(4)10;;;;/h1-2,8-10H,(H,11,12);;;;. The van der Waals surface area contributed by atoms with Crippen LogP contribution in [0.2, 0.25) is 0 Å². The van der Waals surface area contributed by atoms with E-state index in [4.69, 9.17) is 20.4 Å². The molecule has 0 aromatic heterocycles. The molecule has 1 aromatic carbocycles. The van der Waals surface area contributed by atoms with Gasteiger partial charge in [0.15, 0.2) is 17.2 Å². The van der Waals surface area contributed by atoms with E-state index in [0.717, 1.165) is 12.1 Å². The molecule has 0 aliphatic carbocycles. The van der Waals surface area contributed by atoms with E-state index in [2.05, 4.69) is 0 Å². The number of aromatic hydroxyl groups is 3. The molecule has 0 spiro atoms. The number of rotatable bonds is 1. The van der Waals surface area contributed by atoms with Crippen molar-refractivity contribution in [3.8, 4) is 17.2 Å². The molecule has 1 aromatic rings.